The SMILES string of the molecule is COC(=O)CCCCCC(=O)Nc1nnc(-c2ccccc2)s1. The molecule has 0 fully saturated rings. The maximum Gasteiger partial charge on any atom is 0.305 e. The highest BCUT2D eigenvalue weighted by atomic mass is 32.1. The molecule has 6 nitrogen and oxygen atoms in total. The van der Waals surface area contributed by atoms with Gasteiger partial charge in [-0.3, -0.25) is 9.59 Å². The van der Waals surface area contributed by atoms with Crippen molar-refractivity contribution in [2.24, 2.45) is 0 Å². The van der Waals surface area contributed by atoms with Gasteiger partial charge in [-0.2, -0.15) is 0 Å². The van der Waals surface area contributed by atoms with Crippen LogP contribution in [-0.2, 0) is 14.3 Å². The molecule has 0 unspecified atom stereocenters. The van der Waals surface area contributed by atoms with E-state index in [0.29, 0.717) is 18.0 Å². The third-order valence-electron chi connectivity index (χ3n) is 3.20. The van der Waals surface area contributed by atoms with E-state index in [-0.39, 0.29) is 11.9 Å². The number of hydrogen-bond donors (Lipinski definition) is 1. The predicted molar refractivity (Wildman–Crippen MR) is 89.1 cm³/mol. The molecule has 0 aliphatic heterocycles. The summed E-state index contributed by atoms with van der Waals surface area (Å²) in [6, 6.07) is 9.71. The summed E-state index contributed by atoms with van der Waals surface area (Å²) in [5, 5.41) is 12.1. The van der Waals surface area contributed by atoms with Crippen LogP contribution in [0.2, 0.25) is 0 Å². The summed E-state index contributed by atoms with van der Waals surface area (Å²) in [6.45, 7) is 0. The molecule has 0 aliphatic carbocycles. The zero-order chi connectivity index (χ0) is 16.5. The molecule has 1 heterocycles. The smallest absolute Gasteiger partial charge is 0.305 e. The number of nitrogens with one attached hydrogen (secondary N) is 1. The van der Waals surface area contributed by atoms with Crippen molar-refractivity contribution in [2.75, 3.05) is 12.4 Å². The largest absolute Gasteiger partial charge is 0.469 e. The maximum absolute atomic E-state index is 11.8. The Morgan fingerprint density at radius 2 is 1.83 bits per heavy atom. The lowest BCUT2D eigenvalue weighted by Crippen LogP contribution is -2.10. The van der Waals surface area contributed by atoms with Crippen LogP contribution in [0.15, 0.2) is 30.3 Å². The molecule has 1 N–H and O–H groups in total. The van der Waals surface area contributed by atoms with Crippen molar-refractivity contribution < 1.29 is 14.3 Å². The normalized spacial score (nSPS) is 10.3. The zero-order valence-corrected chi connectivity index (χ0v) is 13.8. The van der Waals surface area contributed by atoms with E-state index in [1.165, 1.54) is 18.4 Å². The first-order chi connectivity index (χ1) is 11.2. The molecule has 1 aromatic heterocycles. The number of carbonyl (C=O) groups excluding carboxylic acids is 2. The van der Waals surface area contributed by atoms with Crippen molar-refractivity contribution in [3.63, 3.8) is 0 Å². The maximum atomic E-state index is 11.8. The lowest BCUT2D eigenvalue weighted by Gasteiger charge is -2.01. The van der Waals surface area contributed by atoms with Gasteiger partial charge < -0.3 is 10.1 Å². The number of esters is 1. The average Bonchev–Trinajstić information content (AvgIpc) is 3.03. The minimum absolute atomic E-state index is 0.0844. The number of anilines is 1. The summed E-state index contributed by atoms with van der Waals surface area (Å²) in [6.07, 6.45) is 3.08. The molecule has 7 heteroatoms. The van der Waals surface area contributed by atoms with Crippen molar-refractivity contribution >= 4 is 28.3 Å². The molecular weight excluding hydrogens is 314 g/mol. The summed E-state index contributed by atoms with van der Waals surface area (Å²) in [7, 11) is 1.38. The number of benzene rings is 1. The van der Waals surface area contributed by atoms with Gasteiger partial charge in [0.2, 0.25) is 11.0 Å². The van der Waals surface area contributed by atoms with E-state index in [1.807, 2.05) is 30.3 Å². The van der Waals surface area contributed by atoms with E-state index < -0.39 is 0 Å². The third kappa shape index (κ3) is 5.78. The van der Waals surface area contributed by atoms with E-state index in [4.69, 9.17) is 0 Å². The molecule has 122 valence electrons. The minimum Gasteiger partial charge on any atom is -0.469 e. The van der Waals surface area contributed by atoms with E-state index in [1.54, 1.807) is 0 Å². The fraction of sp³-hybridized carbons (Fsp3) is 0.375. The lowest BCUT2D eigenvalue weighted by atomic mass is 10.1. The first-order valence-corrected chi connectivity index (χ1v) is 8.26. The fourth-order valence-electron chi connectivity index (χ4n) is 1.99. The number of rotatable bonds is 8. The van der Waals surface area contributed by atoms with Crippen LogP contribution in [0.3, 0.4) is 0 Å². The molecule has 2 aromatic rings. The number of methoxy groups -OCH3 is 1. The molecular formula is C16H19N3O3S. The summed E-state index contributed by atoms with van der Waals surface area (Å²) in [4.78, 5) is 22.8. The van der Waals surface area contributed by atoms with Gasteiger partial charge in [-0.05, 0) is 12.8 Å². The number of aromatic nitrogens is 2. The van der Waals surface area contributed by atoms with E-state index in [0.717, 1.165) is 29.8 Å². The van der Waals surface area contributed by atoms with Gasteiger partial charge in [0.25, 0.3) is 0 Å². The summed E-state index contributed by atoms with van der Waals surface area (Å²) < 4.78 is 4.56. The molecule has 0 atom stereocenters. The molecule has 0 saturated carbocycles. The zero-order valence-electron chi connectivity index (χ0n) is 12.9. The molecule has 0 saturated heterocycles. The Balaban J connectivity index is 1.72. The number of nitrogens with zero attached hydrogens (tertiary/aromatic N) is 2. The highest BCUT2D eigenvalue weighted by Gasteiger charge is 2.09. The Morgan fingerprint density at radius 3 is 2.57 bits per heavy atom. The van der Waals surface area contributed by atoms with Crippen LogP contribution in [0.4, 0.5) is 5.13 Å². The molecule has 2 rings (SSSR count). The molecule has 0 radical (unpaired) electrons. The van der Waals surface area contributed by atoms with Crippen LogP contribution in [0, 0.1) is 0 Å². The Bertz CT molecular complexity index is 643. The van der Waals surface area contributed by atoms with Crippen LogP contribution in [0.5, 0.6) is 0 Å². The Kier molecular flexibility index (Phi) is 6.68. The van der Waals surface area contributed by atoms with Gasteiger partial charge in [-0.1, -0.05) is 48.1 Å². The first kappa shape index (κ1) is 17.1. The number of ether oxygens (including phenoxy) is 1. The van der Waals surface area contributed by atoms with Crippen molar-refractivity contribution in [3.8, 4) is 10.6 Å². The molecule has 0 aliphatic rings. The van der Waals surface area contributed by atoms with Crippen molar-refractivity contribution in [1.29, 1.82) is 0 Å². The van der Waals surface area contributed by atoms with Gasteiger partial charge in [0.15, 0.2) is 0 Å². The second-order valence-electron chi connectivity index (χ2n) is 4.96. The quantitative estimate of drug-likeness (QED) is 0.592. The topological polar surface area (TPSA) is 81.2 Å². The number of hydrogen-bond acceptors (Lipinski definition) is 6. The van der Waals surface area contributed by atoms with Crippen LogP contribution < -0.4 is 5.32 Å². The van der Waals surface area contributed by atoms with E-state index in [2.05, 4.69) is 20.3 Å². The number of amides is 1. The van der Waals surface area contributed by atoms with Gasteiger partial charge >= 0.3 is 5.97 Å². The molecule has 0 bridgehead atoms. The van der Waals surface area contributed by atoms with Crippen LogP contribution in [0.1, 0.15) is 32.1 Å². The minimum atomic E-state index is -0.211. The second-order valence-corrected chi connectivity index (χ2v) is 5.94. The monoisotopic (exact) mass is 333 g/mol. The van der Waals surface area contributed by atoms with E-state index in [9.17, 15) is 9.59 Å². The van der Waals surface area contributed by atoms with Crippen LogP contribution in [0.25, 0.3) is 10.6 Å². The van der Waals surface area contributed by atoms with Gasteiger partial charge in [0, 0.05) is 18.4 Å². The van der Waals surface area contributed by atoms with Crippen molar-refractivity contribution in [2.45, 2.75) is 32.1 Å². The van der Waals surface area contributed by atoms with Crippen molar-refractivity contribution in [1.82, 2.24) is 10.2 Å². The molecule has 0 spiro atoms. The summed E-state index contributed by atoms with van der Waals surface area (Å²) in [5.74, 6) is -0.296. The Labute approximate surface area is 138 Å². The fourth-order valence-corrected chi connectivity index (χ4v) is 2.75. The number of unbranched alkanes of at least 4 members (excludes halogenated alkanes) is 2. The Morgan fingerprint density at radius 1 is 1.09 bits per heavy atom. The summed E-state index contributed by atoms with van der Waals surface area (Å²) in [5.41, 5.74) is 0.980. The average molecular weight is 333 g/mol. The highest BCUT2D eigenvalue weighted by molar-refractivity contribution is 7.18. The molecule has 1 amide bonds. The predicted octanol–water partition coefficient (Wildman–Crippen LogP) is 3.27. The van der Waals surface area contributed by atoms with Gasteiger partial charge in [-0.15, -0.1) is 10.2 Å². The van der Waals surface area contributed by atoms with Gasteiger partial charge in [0.1, 0.15) is 5.01 Å². The molecule has 23 heavy (non-hydrogen) atoms. The van der Waals surface area contributed by atoms with Gasteiger partial charge in [0.05, 0.1) is 7.11 Å². The first-order valence-electron chi connectivity index (χ1n) is 7.44. The lowest BCUT2D eigenvalue weighted by molar-refractivity contribution is -0.140. The van der Waals surface area contributed by atoms with Crippen molar-refractivity contribution in [3.05, 3.63) is 30.3 Å². The molecule has 1 aromatic carbocycles. The number of carbonyl (C=O) groups is 2. The third-order valence-corrected chi connectivity index (χ3v) is 4.09. The highest BCUT2D eigenvalue weighted by Crippen LogP contribution is 2.25. The summed E-state index contributed by atoms with van der Waals surface area (Å²) >= 11 is 1.35. The second kappa shape index (κ2) is 8.99. The standard InChI is InChI=1S/C16H19N3O3S/c1-22-14(21)11-7-3-6-10-13(20)17-16-19-18-15(23-16)12-8-4-2-5-9-12/h2,4-5,8-9H,3,6-7,10-11H2,1H3,(H,17,19,20). The van der Waals surface area contributed by atoms with Gasteiger partial charge in [-0.25, -0.2) is 0 Å². The Hall–Kier alpha value is -2.28. The van der Waals surface area contributed by atoms with Crippen LogP contribution in [-0.4, -0.2) is 29.2 Å². The van der Waals surface area contributed by atoms with E-state index >= 15 is 0 Å². The van der Waals surface area contributed by atoms with Crippen LogP contribution >= 0.6 is 11.3 Å².